The Morgan fingerprint density at radius 2 is 1.81 bits per heavy atom. The number of carbonyl (C=O) groups excluding carboxylic acids is 1. The normalized spacial score (nSPS) is 17.5. The van der Waals surface area contributed by atoms with E-state index in [1.54, 1.807) is 0 Å². The van der Waals surface area contributed by atoms with Gasteiger partial charge >= 0.3 is 0 Å². The Balaban J connectivity index is 1.93. The van der Waals surface area contributed by atoms with Crippen LogP contribution in [0.15, 0.2) is 24.3 Å². The van der Waals surface area contributed by atoms with E-state index in [0.29, 0.717) is 19.5 Å². The molecule has 1 aliphatic carbocycles. The highest BCUT2D eigenvalue weighted by atomic mass is 16.2. The summed E-state index contributed by atoms with van der Waals surface area (Å²) < 4.78 is 0. The lowest BCUT2D eigenvalue weighted by Crippen LogP contribution is -2.39. The van der Waals surface area contributed by atoms with Crippen LogP contribution in [0.4, 0.5) is 0 Å². The zero-order valence-corrected chi connectivity index (χ0v) is 13.4. The number of hydrogen-bond donors (Lipinski definition) is 1. The topological polar surface area (TPSA) is 46.3 Å². The van der Waals surface area contributed by atoms with Gasteiger partial charge in [0.05, 0.1) is 0 Å². The van der Waals surface area contributed by atoms with Crippen molar-refractivity contribution in [1.82, 2.24) is 4.90 Å². The number of amides is 1. The van der Waals surface area contributed by atoms with Crippen molar-refractivity contribution >= 4 is 5.91 Å². The molecule has 1 aromatic carbocycles. The van der Waals surface area contributed by atoms with E-state index < -0.39 is 0 Å². The highest BCUT2D eigenvalue weighted by Gasteiger charge is 2.33. The molecule has 0 bridgehead atoms. The SMILES string of the molecule is Cc1ccc(CN(C)C(=O)CC2(CN)CCCCC2)cc1. The fourth-order valence-electron chi connectivity index (χ4n) is 3.27. The summed E-state index contributed by atoms with van der Waals surface area (Å²) in [7, 11) is 1.90. The van der Waals surface area contributed by atoms with Crippen molar-refractivity contribution in [3.05, 3.63) is 35.4 Å². The summed E-state index contributed by atoms with van der Waals surface area (Å²) in [5.74, 6) is 0.225. The molecule has 0 spiro atoms. The van der Waals surface area contributed by atoms with Crippen LogP contribution in [0.1, 0.15) is 49.7 Å². The predicted molar refractivity (Wildman–Crippen MR) is 86.8 cm³/mol. The number of nitrogens with two attached hydrogens (primary N) is 1. The van der Waals surface area contributed by atoms with Crippen LogP contribution in [-0.2, 0) is 11.3 Å². The highest BCUT2D eigenvalue weighted by Crippen LogP contribution is 2.38. The summed E-state index contributed by atoms with van der Waals surface area (Å²) in [6.07, 6.45) is 6.53. The fraction of sp³-hybridized carbons (Fsp3) is 0.611. The average molecular weight is 288 g/mol. The van der Waals surface area contributed by atoms with Gasteiger partial charge in [0.15, 0.2) is 0 Å². The van der Waals surface area contributed by atoms with Crippen molar-refractivity contribution in [2.75, 3.05) is 13.6 Å². The summed E-state index contributed by atoms with van der Waals surface area (Å²) in [5, 5.41) is 0. The second-order valence-corrected chi connectivity index (χ2v) is 6.68. The van der Waals surface area contributed by atoms with E-state index in [9.17, 15) is 4.79 Å². The zero-order valence-electron chi connectivity index (χ0n) is 13.4. The lowest BCUT2D eigenvalue weighted by molar-refractivity contribution is -0.133. The van der Waals surface area contributed by atoms with Gasteiger partial charge in [-0.3, -0.25) is 4.79 Å². The molecule has 1 fully saturated rings. The summed E-state index contributed by atoms with van der Waals surface area (Å²) in [4.78, 5) is 14.4. The monoisotopic (exact) mass is 288 g/mol. The Morgan fingerprint density at radius 1 is 1.19 bits per heavy atom. The van der Waals surface area contributed by atoms with Crippen LogP contribution >= 0.6 is 0 Å². The first kappa shape index (κ1) is 16.0. The maximum atomic E-state index is 12.5. The molecule has 1 saturated carbocycles. The van der Waals surface area contributed by atoms with Crippen molar-refractivity contribution in [2.24, 2.45) is 11.1 Å². The van der Waals surface area contributed by atoms with Crippen molar-refractivity contribution in [1.29, 1.82) is 0 Å². The Labute approximate surface area is 128 Å². The zero-order chi connectivity index (χ0) is 15.3. The first-order valence-corrected chi connectivity index (χ1v) is 8.04. The molecule has 0 radical (unpaired) electrons. The molecule has 3 nitrogen and oxygen atoms in total. The molecule has 1 aliphatic rings. The summed E-state index contributed by atoms with van der Waals surface area (Å²) >= 11 is 0. The molecule has 0 atom stereocenters. The second kappa shape index (κ2) is 7.08. The molecule has 0 aromatic heterocycles. The lowest BCUT2D eigenvalue weighted by atomic mass is 9.71. The van der Waals surface area contributed by atoms with Gasteiger partial charge in [0, 0.05) is 20.0 Å². The summed E-state index contributed by atoms with van der Waals surface area (Å²) in [6.45, 7) is 3.39. The van der Waals surface area contributed by atoms with E-state index in [1.807, 2.05) is 11.9 Å². The number of benzene rings is 1. The van der Waals surface area contributed by atoms with Gasteiger partial charge in [0.1, 0.15) is 0 Å². The molecule has 0 unspecified atom stereocenters. The summed E-state index contributed by atoms with van der Waals surface area (Å²) in [5.41, 5.74) is 8.47. The van der Waals surface area contributed by atoms with E-state index >= 15 is 0 Å². The first-order chi connectivity index (χ1) is 10.0. The van der Waals surface area contributed by atoms with Gasteiger partial charge in [-0.05, 0) is 37.3 Å². The van der Waals surface area contributed by atoms with E-state index in [2.05, 4.69) is 31.2 Å². The van der Waals surface area contributed by atoms with Crippen LogP contribution in [0.2, 0.25) is 0 Å². The van der Waals surface area contributed by atoms with Crippen molar-refractivity contribution < 1.29 is 4.79 Å². The fourth-order valence-corrected chi connectivity index (χ4v) is 3.27. The Bertz CT molecular complexity index is 461. The average Bonchev–Trinajstić information content (AvgIpc) is 2.50. The van der Waals surface area contributed by atoms with Gasteiger partial charge in [-0.15, -0.1) is 0 Å². The molecular weight excluding hydrogens is 260 g/mol. The molecule has 0 aliphatic heterocycles. The second-order valence-electron chi connectivity index (χ2n) is 6.68. The van der Waals surface area contributed by atoms with Crippen molar-refractivity contribution in [2.45, 2.75) is 52.0 Å². The molecule has 2 N–H and O–H groups in total. The summed E-state index contributed by atoms with van der Waals surface area (Å²) in [6, 6.07) is 8.38. The van der Waals surface area contributed by atoms with Crippen molar-refractivity contribution in [3.8, 4) is 0 Å². The standard InChI is InChI=1S/C18H28N2O/c1-15-6-8-16(9-7-15)13-20(2)17(21)12-18(14-19)10-4-3-5-11-18/h6-9H,3-5,10-14,19H2,1-2H3. The quantitative estimate of drug-likeness (QED) is 0.904. The van der Waals surface area contributed by atoms with Gasteiger partial charge < -0.3 is 10.6 Å². The third-order valence-corrected chi connectivity index (χ3v) is 4.84. The Kier molecular flexibility index (Phi) is 5.40. The number of nitrogens with zero attached hydrogens (tertiary/aromatic N) is 1. The lowest BCUT2D eigenvalue weighted by Gasteiger charge is -2.36. The maximum Gasteiger partial charge on any atom is 0.223 e. The Hall–Kier alpha value is -1.35. The first-order valence-electron chi connectivity index (χ1n) is 8.04. The molecular formula is C18H28N2O. The molecule has 21 heavy (non-hydrogen) atoms. The minimum Gasteiger partial charge on any atom is -0.341 e. The van der Waals surface area contributed by atoms with Crippen LogP contribution < -0.4 is 5.73 Å². The largest absolute Gasteiger partial charge is 0.341 e. The van der Waals surface area contributed by atoms with Gasteiger partial charge in [-0.25, -0.2) is 0 Å². The van der Waals surface area contributed by atoms with Gasteiger partial charge in [-0.1, -0.05) is 49.1 Å². The van der Waals surface area contributed by atoms with Crippen LogP contribution in [0.25, 0.3) is 0 Å². The third-order valence-electron chi connectivity index (χ3n) is 4.84. The molecule has 2 rings (SSSR count). The highest BCUT2D eigenvalue weighted by molar-refractivity contribution is 5.76. The van der Waals surface area contributed by atoms with Gasteiger partial charge in [0.2, 0.25) is 5.91 Å². The Morgan fingerprint density at radius 3 is 2.38 bits per heavy atom. The van der Waals surface area contributed by atoms with Crippen LogP contribution in [0, 0.1) is 12.3 Å². The minimum absolute atomic E-state index is 0.0524. The number of carbonyl (C=O) groups is 1. The third kappa shape index (κ3) is 4.31. The molecule has 0 saturated heterocycles. The van der Waals surface area contributed by atoms with E-state index in [1.165, 1.54) is 30.4 Å². The van der Waals surface area contributed by atoms with Gasteiger partial charge in [0.25, 0.3) is 0 Å². The maximum absolute atomic E-state index is 12.5. The van der Waals surface area contributed by atoms with E-state index in [0.717, 1.165) is 12.8 Å². The van der Waals surface area contributed by atoms with Crippen molar-refractivity contribution in [3.63, 3.8) is 0 Å². The minimum atomic E-state index is 0.0524. The predicted octanol–water partition coefficient (Wildman–Crippen LogP) is 3.25. The van der Waals surface area contributed by atoms with E-state index in [4.69, 9.17) is 5.73 Å². The number of rotatable bonds is 5. The molecule has 1 aromatic rings. The van der Waals surface area contributed by atoms with Crippen LogP contribution in [0.3, 0.4) is 0 Å². The van der Waals surface area contributed by atoms with E-state index in [-0.39, 0.29) is 11.3 Å². The number of hydrogen-bond acceptors (Lipinski definition) is 2. The molecule has 3 heteroatoms. The molecule has 0 heterocycles. The van der Waals surface area contributed by atoms with Crippen LogP contribution in [0.5, 0.6) is 0 Å². The van der Waals surface area contributed by atoms with Gasteiger partial charge in [-0.2, -0.15) is 0 Å². The molecule has 1 amide bonds. The van der Waals surface area contributed by atoms with Crippen LogP contribution in [-0.4, -0.2) is 24.4 Å². The smallest absolute Gasteiger partial charge is 0.223 e. The number of aryl methyl sites for hydroxylation is 1. The molecule has 116 valence electrons.